The molecular weight excluding hydrogens is 292 g/mol. The van der Waals surface area contributed by atoms with Crippen molar-refractivity contribution in [3.63, 3.8) is 0 Å². The van der Waals surface area contributed by atoms with Crippen LogP contribution in [0.3, 0.4) is 0 Å². The predicted octanol–water partition coefficient (Wildman–Crippen LogP) is 4.59. The van der Waals surface area contributed by atoms with E-state index in [2.05, 4.69) is 80.3 Å². The Hall–Kier alpha value is -2.09. The van der Waals surface area contributed by atoms with E-state index in [1.165, 1.54) is 33.5 Å². The van der Waals surface area contributed by atoms with Crippen molar-refractivity contribution in [3.05, 3.63) is 53.1 Å². The SMILES string of the molecule is Cc1ccccc1-c1n(C)c2ccc(CC(C)(C)C)c3c2[n+]1CC3. The van der Waals surface area contributed by atoms with Crippen molar-refractivity contribution in [1.29, 1.82) is 0 Å². The van der Waals surface area contributed by atoms with Gasteiger partial charge in [0.05, 0.1) is 19.2 Å². The molecule has 0 saturated heterocycles. The van der Waals surface area contributed by atoms with E-state index in [1.807, 2.05) is 0 Å². The van der Waals surface area contributed by atoms with E-state index in [0.29, 0.717) is 5.41 Å². The molecule has 0 spiro atoms. The van der Waals surface area contributed by atoms with Gasteiger partial charge in [-0.3, -0.25) is 0 Å². The van der Waals surface area contributed by atoms with Crippen molar-refractivity contribution in [2.24, 2.45) is 12.5 Å². The zero-order chi connectivity index (χ0) is 17.1. The second kappa shape index (κ2) is 5.20. The first kappa shape index (κ1) is 15.4. The van der Waals surface area contributed by atoms with Crippen LogP contribution < -0.4 is 4.57 Å². The van der Waals surface area contributed by atoms with E-state index in [1.54, 1.807) is 5.56 Å². The molecule has 2 aromatic carbocycles. The maximum atomic E-state index is 2.54. The van der Waals surface area contributed by atoms with Gasteiger partial charge < -0.3 is 0 Å². The number of aromatic nitrogens is 2. The summed E-state index contributed by atoms with van der Waals surface area (Å²) in [6, 6.07) is 13.4. The van der Waals surface area contributed by atoms with Crippen LogP contribution in [0.25, 0.3) is 22.4 Å². The topological polar surface area (TPSA) is 8.81 Å². The van der Waals surface area contributed by atoms with E-state index in [-0.39, 0.29) is 0 Å². The molecule has 2 heteroatoms. The van der Waals surface area contributed by atoms with Crippen LogP contribution in [0.4, 0.5) is 0 Å². The first-order valence-electron chi connectivity index (χ1n) is 8.96. The van der Waals surface area contributed by atoms with Gasteiger partial charge in [-0.05, 0) is 42.0 Å². The van der Waals surface area contributed by atoms with Gasteiger partial charge in [0.1, 0.15) is 0 Å². The Kier molecular flexibility index (Phi) is 3.35. The first-order chi connectivity index (χ1) is 11.4. The molecule has 0 N–H and O–H groups in total. The highest BCUT2D eigenvalue weighted by atomic mass is 15.2. The summed E-state index contributed by atoms with van der Waals surface area (Å²) in [7, 11) is 2.21. The van der Waals surface area contributed by atoms with Crippen molar-refractivity contribution in [1.82, 2.24) is 4.57 Å². The van der Waals surface area contributed by atoms with Crippen molar-refractivity contribution < 1.29 is 4.57 Å². The Morgan fingerprint density at radius 1 is 1.08 bits per heavy atom. The number of hydrogen-bond acceptors (Lipinski definition) is 0. The Bertz CT molecular complexity index is 939. The minimum atomic E-state index is 0.325. The number of aryl methyl sites for hydroxylation is 4. The monoisotopic (exact) mass is 319 g/mol. The molecule has 3 aromatic rings. The van der Waals surface area contributed by atoms with Crippen molar-refractivity contribution in [2.75, 3.05) is 0 Å². The first-order valence-corrected chi connectivity index (χ1v) is 8.96. The van der Waals surface area contributed by atoms with Crippen LogP contribution in [0, 0.1) is 12.3 Å². The third-order valence-corrected chi connectivity index (χ3v) is 5.26. The number of nitrogens with zero attached hydrogens (tertiary/aromatic N) is 2. The molecule has 1 aliphatic rings. The van der Waals surface area contributed by atoms with Gasteiger partial charge in [0.15, 0.2) is 11.0 Å². The van der Waals surface area contributed by atoms with E-state index in [4.69, 9.17) is 0 Å². The summed E-state index contributed by atoms with van der Waals surface area (Å²) in [4.78, 5) is 0. The van der Waals surface area contributed by atoms with Crippen LogP contribution in [0.2, 0.25) is 0 Å². The van der Waals surface area contributed by atoms with E-state index in [9.17, 15) is 0 Å². The maximum absolute atomic E-state index is 2.54. The minimum absolute atomic E-state index is 0.325. The summed E-state index contributed by atoms with van der Waals surface area (Å²) in [6.07, 6.45) is 2.31. The lowest BCUT2D eigenvalue weighted by atomic mass is 9.85. The Labute approximate surface area is 144 Å². The van der Waals surface area contributed by atoms with E-state index < -0.39 is 0 Å². The summed E-state index contributed by atoms with van der Waals surface area (Å²) < 4.78 is 4.92. The number of imidazole rings is 1. The van der Waals surface area contributed by atoms with Crippen LogP contribution in [-0.4, -0.2) is 4.57 Å². The molecule has 2 heterocycles. The standard InChI is InChI=1S/C22H27N2/c1-15-8-6-7-9-17(15)21-23(5)19-11-10-16(14-22(2,3)4)18-12-13-24(21)20(18)19/h6-11H,12-14H2,1-5H3/q+1. The summed E-state index contributed by atoms with van der Waals surface area (Å²) in [6.45, 7) is 10.3. The maximum Gasteiger partial charge on any atom is 0.289 e. The van der Waals surface area contributed by atoms with E-state index >= 15 is 0 Å². The van der Waals surface area contributed by atoms with Gasteiger partial charge in [0.25, 0.3) is 5.82 Å². The lowest BCUT2D eigenvalue weighted by molar-refractivity contribution is -0.653. The van der Waals surface area contributed by atoms with Gasteiger partial charge in [-0.15, -0.1) is 0 Å². The van der Waals surface area contributed by atoms with Crippen molar-refractivity contribution >= 4 is 11.0 Å². The smallest absolute Gasteiger partial charge is 0.226 e. The predicted molar refractivity (Wildman–Crippen MR) is 100 cm³/mol. The number of benzene rings is 2. The molecule has 0 saturated carbocycles. The second-order valence-corrected chi connectivity index (χ2v) is 8.41. The highest BCUT2D eigenvalue weighted by molar-refractivity contribution is 5.81. The molecule has 1 aliphatic heterocycles. The quantitative estimate of drug-likeness (QED) is 0.611. The summed E-state index contributed by atoms with van der Waals surface area (Å²) in [5, 5.41) is 0. The van der Waals surface area contributed by atoms with Gasteiger partial charge in [-0.2, -0.15) is 0 Å². The fraction of sp³-hybridized carbons (Fsp3) is 0.409. The van der Waals surface area contributed by atoms with Crippen LogP contribution in [0.1, 0.15) is 37.5 Å². The summed E-state index contributed by atoms with van der Waals surface area (Å²) >= 11 is 0. The molecule has 0 aliphatic carbocycles. The minimum Gasteiger partial charge on any atom is -0.226 e. The Morgan fingerprint density at radius 3 is 2.54 bits per heavy atom. The molecular formula is C22H27N2+. The second-order valence-electron chi connectivity index (χ2n) is 8.41. The lowest BCUT2D eigenvalue weighted by Gasteiger charge is -2.19. The molecule has 0 radical (unpaired) electrons. The fourth-order valence-corrected chi connectivity index (χ4v) is 4.25. The highest BCUT2D eigenvalue weighted by Crippen LogP contribution is 2.33. The van der Waals surface area contributed by atoms with Gasteiger partial charge in [-0.25, -0.2) is 9.13 Å². The normalized spacial score (nSPS) is 13.9. The number of hydrogen-bond donors (Lipinski definition) is 0. The zero-order valence-electron chi connectivity index (χ0n) is 15.5. The molecule has 0 unspecified atom stereocenters. The van der Waals surface area contributed by atoms with Crippen molar-refractivity contribution in [2.45, 2.75) is 47.1 Å². The lowest BCUT2D eigenvalue weighted by Crippen LogP contribution is -2.33. The van der Waals surface area contributed by atoms with Gasteiger partial charge in [-0.1, -0.05) is 45.0 Å². The molecule has 0 amide bonds. The molecule has 0 atom stereocenters. The van der Waals surface area contributed by atoms with Gasteiger partial charge in [0, 0.05) is 12.0 Å². The third-order valence-electron chi connectivity index (χ3n) is 5.26. The average molecular weight is 319 g/mol. The molecule has 2 nitrogen and oxygen atoms in total. The van der Waals surface area contributed by atoms with Gasteiger partial charge in [0.2, 0.25) is 0 Å². The Balaban J connectivity index is 1.98. The summed E-state index contributed by atoms with van der Waals surface area (Å²) in [5.41, 5.74) is 8.93. The molecule has 0 fully saturated rings. The molecule has 0 bridgehead atoms. The van der Waals surface area contributed by atoms with Gasteiger partial charge >= 0.3 is 0 Å². The van der Waals surface area contributed by atoms with Crippen LogP contribution in [0.15, 0.2) is 36.4 Å². The molecule has 4 rings (SSSR count). The third kappa shape index (κ3) is 2.28. The van der Waals surface area contributed by atoms with Crippen LogP contribution in [0.5, 0.6) is 0 Å². The molecule has 1 aromatic heterocycles. The Morgan fingerprint density at radius 2 is 1.83 bits per heavy atom. The van der Waals surface area contributed by atoms with Crippen molar-refractivity contribution in [3.8, 4) is 11.4 Å². The van der Waals surface area contributed by atoms with Crippen LogP contribution >= 0.6 is 0 Å². The number of rotatable bonds is 2. The molecule has 24 heavy (non-hydrogen) atoms. The molecule has 124 valence electrons. The average Bonchev–Trinajstić information content (AvgIpc) is 3.04. The largest absolute Gasteiger partial charge is 0.289 e. The summed E-state index contributed by atoms with van der Waals surface area (Å²) in [5.74, 6) is 1.34. The zero-order valence-corrected chi connectivity index (χ0v) is 15.5. The van der Waals surface area contributed by atoms with E-state index in [0.717, 1.165) is 19.4 Å². The fourth-order valence-electron chi connectivity index (χ4n) is 4.25. The highest BCUT2D eigenvalue weighted by Gasteiger charge is 2.33. The van der Waals surface area contributed by atoms with Crippen LogP contribution in [-0.2, 0) is 26.4 Å².